The molecule has 0 bridgehead atoms. The van der Waals surface area contributed by atoms with Gasteiger partial charge < -0.3 is 21.7 Å². The highest BCUT2D eigenvalue weighted by atomic mass is 16.3. The van der Waals surface area contributed by atoms with Gasteiger partial charge in [0.1, 0.15) is 0 Å². The van der Waals surface area contributed by atoms with Crippen molar-refractivity contribution in [2.75, 3.05) is 19.8 Å². The minimum Gasteiger partial charge on any atom is -0.396 e. The molecule has 0 spiro atoms. The van der Waals surface area contributed by atoms with E-state index in [4.69, 9.17) is 21.7 Å². The van der Waals surface area contributed by atoms with Crippen LogP contribution in [-0.2, 0) is 0 Å². The number of nitrogens with two attached hydrogens (primary N) is 2. The summed E-state index contributed by atoms with van der Waals surface area (Å²) in [5, 5.41) is 17.7. The summed E-state index contributed by atoms with van der Waals surface area (Å²) in [6.45, 7) is 0.901. The first-order valence-corrected chi connectivity index (χ1v) is 5.39. The van der Waals surface area contributed by atoms with Gasteiger partial charge in [0, 0.05) is 18.8 Å². The molecule has 14 heavy (non-hydrogen) atoms. The Morgan fingerprint density at radius 3 is 1.86 bits per heavy atom. The Hall–Kier alpha value is -0.160. The van der Waals surface area contributed by atoms with E-state index in [0.717, 1.165) is 32.2 Å². The van der Waals surface area contributed by atoms with E-state index < -0.39 is 5.54 Å². The number of unbranched alkanes of at least 4 members (excludes halogenated alkanes) is 2. The maximum atomic E-state index is 8.85. The molecule has 0 heterocycles. The molecule has 0 amide bonds. The molecular formula is C10H24N2O2. The Balaban J connectivity index is 3.71. The average Bonchev–Trinajstić information content (AvgIpc) is 2.13. The number of rotatable bonds is 9. The predicted molar refractivity (Wildman–Crippen MR) is 57.8 cm³/mol. The van der Waals surface area contributed by atoms with Crippen molar-refractivity contribution < 1.29 is 10.2 Å². The molecule has 0 radical (unpaired) electrons. The van der Waals surface area contributed by atoms with Crippen LogP contribution in [0.4, 0.5) is 0 Å². The zero-order chi connectivity index (χ0) is 10.9. The first kappa shape index (κ1) is 13.8. The lowest BCUT2D eigenvalue weighted by atomic mass is 9.87. The first-order valence-electron chi connectivity index (χ1n) is 5.39. The molecule has 0 atom stereocenters. The van der Waals surface area contributed by atoms with Crippen LogP contribution in [-0.4, -0.2) is 35.5 Å². The summed E-state index contributed by atoms with van der Waals surface area (Å²) in [6.07, 6.45) is 5.11. The van der Waals surface area contributed by atoms with Crippen molar-refractivity contribution in [1.82, 2.24) is 0 Å². The summed E-state index contributed by atoms with van der Waals surface area (Å²) in [7, 11) is 0. The maximum Gasteiger partial charge on any atom is 0.0448 e. The third kappa shape index (κ3) is 6.32. The fraction of sp³-hybridized carbons (Fsp3) is 1.00. The van der Waals surface area contributed by atoms with E-state index in [-0.39, 0.29) is 13.2 Å². The van der Waals surface area contributed by atoms with E-state index in [1.165, 1.54) is 0 Å². The normalized spacial score (nSPS) is 12.0. The number of aliphatic hydroxyl groups is 2. The van der Waals surface area contributed by atoms with Gasteiger partial charge in [-0.2, -0.15) is 0 Å². The second kappa shape index (κ2) is 8.17. The molecular weight excluding hydrogens is 180 g/mol. The Bertz CT molecular complexity index is 125. The Kier molecular flexibility index (Phi) is 8.08. The molecule has 0 aromatic heterocycles. The third-order valence-corrected chi connectivity index (χ3v) is 2.60. The molecule has 0 aliphatic heterocycles. The predicted octanol–water partition coefficient (Wildman–Crippen LogP) is -0.0322. The molecule has 0 aromatic rings. The molecule has 0 rings (SSSR count). The maximum absolute atomic E-state index is 8.85. The monoisotopic (exact) mass is 204 g/mol. The molecule has 6 N–H and O–H groups in total. The number of hydrogen-bond donors (Lipinski definition) is 4. The van der Waals surface area contributed by atoms with Crippen molar-refractivity contribution >= 4 is 0 Å². The van der Waals surface area contributed by atoms with Gasteiger partial charge in [-0.25, -0.2) is 0 Å². The molecule has 0 aliphatic rings. The van der Waals surface area contributed by atoms with Crippen LogP contribution in [0.3, 0.4) is 0 Å². The SMILES string of the molecule is NCCCCCC(N)(CCO)CCO. The van der Waals surface area contributed by atoms with E-state index in [1.54, 1.807) is 0 Å². The van der Waals surface area contributed by atoms with Crippen molar-refractivity contribution in [2.45, 2.75) is 44.1 Å². The van der Waals surface area contributed by atoms with Crippen LogP contribution >= 0.6 is 0 Å². The summed E-state index contributed by atoms with van der Waals surface area (Å²) >= 11 is 0. The second-order valence-corrected chi connectivity index (χ2v) is 3.91. The molecule has 0 fully saturated rings. The lowest BCUT2D eigenvalue weighted by molar-refractivity contribution is 0.183. The third-order valence-electron chi connectivity index (χ3n) is 2.60. The van der Waals surface area contributed by atoms with Crippen LogP contribution in [0.25, 0.3) is 0 Å². The van der Waals surface area contributed by atoms with Crippen LogP contribution in [0.5, 0.6) is 0 Å². The summed E-state index contributed by atoms with van der Waals surface area (Å²) < 4.78 is 0. The van der Waals surface area contributed by atoms with Crippen LogP contribution < -0.4 is 11.5 Å². The van der Waals surface area contributed by atoms with Gasteiger partial charge in [-0.1, -0.05) is 12.8 Å². The van der Waals surface area contributed by atoms with E-state index in [9.17, 15) is 0 Å². The van der Waals surface area contributed by atoms with E-state index in [1.807, 2.05) is 0 Å². The molecule has 0 unspecified atom stereocenters. The molecule has 86 valence electrons. The van der Waals surface area contributed by atoms with Crippen LogP contribution in [0.1, 0.15) is 38.5 Å². The topological polar surface area (TPSA) is 92.5 Å². The van der Waals surface area contributed by atoms with Gasteiger partial charge in [0.25, 0.3) is 0 Å². The molecule has 0 saturated carbocycles. The van der Waals surface area contributed by atoms with Gasteiger partial charge in [0.15, 0.2) is 0 Å². The fourth-order valence-corrected chi connectivity index (χ4v) is 1.62. The van der Waals surface area contributed by atoms with Crippen LogP contribution in [0.15, 0.2) is 0 Å². The molecule has 0 aromatic carbocycles. The van der Waals surface area contributed by atoms with E-state index >= 15 is 0 Å². The lowest BCUT2D eigenvalue weighted by Gasteiger charge is -2.28. The summed E-state index contributed by atoms with van der Waals surface area (Å²) in [5.74, 6) is 0. The van der Waals surface area contributed by atoms with Gasteiger partial charge in [0.2, 0.25) is 0 Å². The molecule has 0 aliphatic carbocycles. The van der Waals surface area contributed by atoms with Gasteiger partial charge in [-0.15, -0.1) is 0 Å². The van der Waals surface area contributed by atoms with Crippen molar-refractivity contribution in [2.24, 2.45) is 11.5 Å². The van der Waals surface area contributed by atoms with Crippen molar-refractivity contribution in [3.63, 3.8) is 0 Å². The largest absolute Gasteiger partial charge is 0.396 e. The van der Waals surface area contributed by atoms with Crippen molar-refractivity contribution in [1.29, 1.82) is 0 Å². The molecule has 4 nitrogen and oxygen atoms in total. The van der Waals surface area contributed by atoms with Crippen LogP contribution in [0.2, 0.25) is 0 Å². The number of hydrogen-bond acceptors (Lipinski definition) is 4. The number of aliphatic hydroxyl groups excluding tert-OH is 2. The smallest absolute Gasteiger partial charge is 0.0448 e. The summed E-state index contributed by atoms with van der Waals surface area (Å²) in [6, 6.07) is 0. The average molecular weight is 204 g/mol. The highest BCUT2D eigenvalue weighted by Gasteiger charge is 2.22. The van der Waals surface area contributed by atoms with Gasteiger partial charge in [-0.05, 0) is 32.2 Å². The van der Waals surface area contributed by atoms with Crippen molar-refractivity contribution in [3.05, 3.63) is 0 Å². The standard InChI is InChI=1S/C10H24N2O2/c11-7-3-1-2-4-10(12,5-8-13)6-9-14/h13-14H,1-9,11-12H2. The van der Waals surface area contributed by atoms with Crippen molar-refractivity contribution in [3.8, 4) is 0 Å². The quantitative estimate of drug-likeness (QED) is 0.397. The Morgan fingerprint density at radius 2 is 1.43 bits per heavy atom. The molecule has 4 heteroatoms. The van der Waals surface area contributed by atoms with Gasteiger partial charge in [0.05, 0.1) is 0 Å². The summed E-state index contributed by atoms with van der Waals surface area (Å²) in [5.41, 5.74) is 11.0. The fourth-order valence-electron chi connectivity index (χ4n) is 1.62. The highest BCUT2D eigenvalue weighted by molar-refractivity contribution is 4.83. The Morgan fingerprint density at radius 1 is 0.857 bits per heavy atom. The van der Waals surface area contributed by atoms with Gasteiger partial charge in [-0.3, -0.25) is 0 Å². The van der Waals surface area contributed by atoms with Gasteiger partial charge >= 0.3 is 0 Å². The van der Waals surface area contributed by atoms with E-state index in [2.05, 4.69) is 0 Å². The van der Waals surface area contributed by atoms with Crippen LogP contribution in [0, 0.1) is 0 Å². The lowest BCUT2D eigenvalue weighted by Crippen LogP contribution is -2.41. The zero-order valence-corrected chi connectivity index (χ0v) is 8.91. The minimum absolute atomic E-state index is 0.0907. The minimum atomic E-state index is -0.391. The zero-order valence-electron chi connectivity index (χ0n) is 8.91. The first-order chi connectivity index (χ1) is 6.68. The highest BCUT2D eigenvalue weighted by Crippen LogP contribution is 2.19. The summed E-state index contributed by atoms with van der Waals surface area (Å²) in [4.78, 5) is 0. The second-order valence-electron chi connectivity index (χ2n) is 3.91. The Labute approximate surface area is 86.3 Å². The molecule has 0 saturated heterocycles. The van der Waals surface area contributed by atoms with E-state index in [0.29, 0.717) is 12.8 Å².